The molecule has 1 saturated carbocycles. The van der Waals surface area contributed by atoms with E-state index in [0.717, 1.165) is 5.92 Å². The van der Waals surface area contributed by atoms with Crippen molar-refractivity contribution in [3.8, 4) is 0 Å². The van der Waals surface area contributed by atoms with Gasteiger partial charge >= 0.3 is 0 Å². The first kappa shape index (κ1) is 7.52. The van der Waals surface area contributed by atoms with Crippen LogP contribution in [0, 0.1) is 31.6 Å². The summed E-state index contributed by atoms with van der Waals surface area (Å²) in [6.45, 7) is 4.27. The van der Waals surface area contributed by atoms with Crippen LogP contribution in [-0.2, 0) is 0 Å². The molecule has 0 N–H and O–H groups in total. The number of nitrogens with zero attached hydrogens (tertiary/aromatic N) is 1. The van der Waals surface area contributed by atoms with Gasteiger partial charge in [0.15, 0.2) is 0 Å². The molecule has 0 saturated heterocycles. The Balaban J connectivity index is 2.16. The molecule has 0 aromatic rings. The summed E-state index contributed by atoms with van der Waals surface area (Å²) in [5, 5.41) is 0. The quantitative estimate of drug-likeness (QED) is 0.409. The third kappa shape index (κ3) is 2.34. The topological polar surface area (TPSA) is 12.4 Å². The van der Waals surface area contributed by atoms with Gasteiger partial charge in [0.05, 0.1) is 6.54 Å². The maximum absolute atomic E-state index is 4.09. The molecule has 5 radical (unpaired) electrons. The van der Waals surface area contributed by atoms with Crippen LogP contribution in [0.3, 0.4) is 0 Å². The first-order valence-electron chi connectivity index (χ1n) is 3.26. The Morgan fingerprint density at radius 3 is 2.70 bits per heavy atom. The number of aliphatic imine (C=N–C) groups is 1. The standard InChI is InChI=1S/C9H10N/c1-2-7-10-8-9-5-3-4-6-9/h2-6,8H,1,7H2. The van der Waals surface area contributed by atoms with Gasteiger partial charge in [-0.25, -0.2) is 0 Å². The van der Waals surface area contributed by atoms with Crippen LogP contribution in [0.4, 0.5) is 0 Å². The van der Waals surface area contributed by atoms with Crippen LogP contribution in [0.1, 0.15) is 0 Å². The Kier molecular flexibility index (Phi) is 3.20. The second-order valence-electron chi connectivity index (χ2n) is 2.00. The summed E-state index contributed by atoms with van der Waals surface area (Å²) in [4.78, 5) is 4.09. The van der Waals surface area contributed by atoms with E-state index in [4.69, 9.17) is 0 Å². The van der Waals surface area contributed by atoms with Crippen LogP contribution in [0.2, 0.25) is 0 Å². The van der Waals surface area contributed by atoms with Crippen molar-refractivity contribution in [1.82, 2.24) is 0 Å². The molecular weight excluding hydrogens is 122 g/mol. The molecular formula is C9H10N. The van der Waals surface area contributed by atoms with Crippen LogP contribution in [0.5, 0.6) is 0 Å². The number of hydrogen-bond donors (Lipinski definition) is 0. The van der Waals surface area contributed by atoms with Gasteiger partial charge in [-0.15, -0.1) is 6.58 Å². The van der Waals surface area contributed by atoms with E-state index in [1.54, 1.807) is 6.08 Å². The van der Waals surface area contributed by atoms with Crippen molar-refractivity contribution in [2.45, 2.75) is 0 Å². The molecule has 0 heterocycles. The fourth-order valence-electron chi connectivity index (χ4n) is 0.708. The maximum Gasteiger partial charge on any atom is 0.0564 e. The van der Waals surface area contributed by atoms with Gasteiger partial charge in [-0.3, -0.25) is 4.99 Å². The molecule has 0 aromatic heterocycles. The average Bonchev–Trinajstić information content (AvgIpc) is 2.41. The lowest BCUT2D eigenvalue weighted by molar-refractivity contribution is 1.25. The monoisotopic (exact) mass is 132 g/mol. The normalized spacial score (nSPS) is 20.4. The van der Waals surface area contributed by atoms with Crippen LogP contribution in [-0.4, -0.2) is 12.8 Å². The van der Waals surface area contributed by atoms with Gasteiger partial charge in [0, 0.05) is 12.1 Å². The lowest BCUT2D eigenvalue weighted by atomic mass is 10.1. The van der Waals surface area contributed by atoms with E-state index < -0.39 is 0 Å². The smallest absolute Gasteiger partial charge is 0.0564 e. The Morgan fingerprint density at radius 1 is 1.40 bits per heavy atom. The van der Waals surface area contributed by atoms with E-state index in [1.165, 1.54) is 0 Å². The highest BCUT2D eigenvalue weighted by molar-refractivity contribution is 5.82. The lowest BCUT2D eigenvalue weighted by Gasteiger charge is -1.95. The molecule has 0 amide bonds. The molecule has 10 heavy (non-hydrogen) atoms. The first-order chi connectivity index (χ1) is 4.93. The van der Waals surface area contributed by atoms with Crippen molar-refractivity contribution in [3.05, 3.63) is 44.3 Å². The SMILES string of the molecule is C=CCN=C[C]1[CH][CH][CH][CH]1. The third-order valence-corrected chi connectivity index (χ3v) is 1.16. The Bertz CT molecular complexity index is 121. The van der Waals surface area contributed by atoms with Gasteiger partial charge in [-0.1, -0.05) is 6.08 Å². The Hall–Kier alpha value is -0.590. The van der Waals surface area contributed by atoms with E-state index >= 15 is 0 Å². The second kappa shape index (κ2) is 4.26. The molecule has 0 unspecified atom stereocenters. The van der Waals surface area contributed by atoms with Gasteiger partial charge in [0.25, 0.3) is 0 Å². The van der Waals surface area contributed by atoms with Crippen LogP contribution >= 0.6 is 0 Å². The summed E-state index contributed by atoms with van der Waals surface area (Å²) in [5.41, 5.74) is 0. The highest BCUT2D eigenvalue weighted by Gasteiger charge is 2.13. The summed E-state index contributed by atoms with van der Waals surface area (Å²) in [7, 11) is 0. The van der Waals surface area contributed by atoms with Gasteiger partial charge < -0.3 is 0 Å². The Morgan fingerprint density at radius 2 is 2.10 bits per heavy atom. The summed E-state index contributed by atoms with van der Waals surface area (Å²) in [6.07, 6.45) is 11.7. The molecule has 0 aliphatic heterocycles. The zero-order valence-corrected chi connectivity index (χ0v) is 5.83. The third-order valence-electron chi connectivity index (χ3n) is 1.16. The summed E-state index contributed by atoms with van der Waals surface area (Å²) in [6, 6.07) is 0. The average molecular weight is 132 g/mol. The highest BCUT2D eigenvalue weighted by atomic mass is 14.7. The molecule has 0 atom stereocenters. The minimum absolute atomic E-state index is 0.700. The van der Waals surface area contributed by atoms with Crippen LogP contribution < -0.4 is 0 Å². The fourth-order valence-corrected chi connectivity index (χ4v) is 0.708. The fraction of sp³-hybridized carbons (Fsp3) is 0.111. The summed E-state index contributed by atoms with van der Waals surface area (Å²) in [5.74, 6) is 1.15. The zero-order valence-electron chi connectivity index (χ0n) is 5.83. The molecule has 1 rings (SSSR count). The molecule has 0 aromatic carbocycles. The van der Waals surface area contributed by atoms with Crippen molar-refractivity contribution >= 4 is 6.21 Å². The van der Waals surface area contributed by atoms with E-state index in [9.17, 15) is 0 Å². The van der Waals surface area contributed by atoms with Gasteiger partial charge in [0.2, 0.25) is 0 Å². The van der Waals surface area contributed by atoms with Gasteiger partial charge in [-0.05, 0) is 25.7 Å². The van der Waals surface area contributed by atoms with Crippen molar-refractivity contribution in [3.63, 3.8) is 0 Å². The Labute approximate surface area is 62.9 Å². The highest BCUT2D eigenvalue weighted by Crippen LogP contribution is 2.20. The van der Waals surface area contributed by atoms with E-state index in [0.29, 0.717) is 6.54 Å². The molecule has 1 nitrogen and oxygen atoms in total. The van der Waals surface area contributed by atoms with E-state index in [2.05, 4.69) is 11.6 Å². The lowest BCUT2D eigenvalue weighted by Crippen LogP contribution is -1.92. The van der Waals surface area contributed by atoms with Crippen LogP contribution in [0.25, 0.3) is 0 Å². The summed E-state index contributed by atoms with van der Waals surface area (Å²) >= 11 is 0. The first-order valence-corrected chi connectivity index (χ1v) is 3.26. The molecule has 0 spiro atoms. The van der Waals surface area contributed by atoms with Crippen molar-refractivity contribution in [2.75, 3.05) is 6.54 Å². The van der Waals surface area contributed by atoms with Gasteiger partial charge in [-0.2, -0.15) is 0 Å². The zero-order chi connectivity index (χ0) is 7.23. The van der Waals surface area contributed by atoms with Crippen molar-refractivity contribution in [1.29, 1.82) is 0 Å². The predicted octanol–water partition coefficient (Wildman–Crippen LogP) is 1.65. The molecule has 1 aliphatic rings. The minimum atomic E-state index is 0.700. The molecule has 1 aliphatic carbocycles. The minimum Gasteiger partial charge on any atom is -0.293 e. The summed E-state index contributed by atoms with van der Waals surface area (Å²) < 4.78 is 0. The second-order valence-corrected chi connectivity index (χ2v) is 2.00. The number of hydrogen-bond acceptors (Lipinski definition) is 1. The molecule has 1 fully saturated rings. The van der Waals surface area contributed by atoms with Gasteiger partial charge in [0.1, 0.15) is 0 Å². The largest absolute Gasteiger partial charge is 0.293 e. The van der Waals surface area contributed by atoms with E-state index in [-0.39, 0.29) is 0 Å². The van der Waals surface area contributed by atoms with Crippen molar-refractivity contribution < 1.29 is 0 Å². The predicted molar refractivity (Wildman–Crippen MR) is 44.0 cm³/mol. The van der Waals surface area contributed by atoms with E-state index in [1.807, 2.05) is 31.9 Å². The maximum atomic E-state index is 4.09. The van der Waals surface area contributed by atoms with Crippen molar-refractivity contribution in [2.24, 2.45) is 4.99 Å². The number of rotatable bonds is 3. The molecule has 51 valence electrons. The molecule has 1 heteroatoms. The molecule has 0 bridgehead atoms. The van der Waals surface area contributed by atoms with Crippen LogP contribution in [0.15, 0.2) is 17.6 Å².